The molecule has 0 unspecified atom stereocenters. The van der Waals surface area contributed by atoms with Crippen molar-refractivity contribution in [1.29, 1.82) is 0 Å². The van der Waals surface area contributed by atoms with Crippen molar-refractivity contribution >= 4 is 11.6 Å². The summed E-state index contributed by atoms with van der Waals surface area (Å²) in [6, 6.07) is 8.93. The van der Waals surface area contributed by atoms with Crippen LogP contribution in [0.2, 0.25) is 0 Å². The number of H-pyrrole nitrogens is 1. The molecule has 3 rings (SSSR count). The second kappa shape index (κ2) is 5.33. The monoisotopic (exact) mass is 268 g/mol. The van der Waals surface area contributed by atoms with Gasteiger partial charge in [0.1, 0.15) is 0 Å². The summed E-state index contributed by atoms with van der Waals surface area (Å²) in [6.45, 7) is 0. The first-order valence-corrected chi connectivity index (χ1v) is 6.85. The van der Waals surface area contributed by atoms with E-state index in [0.717, 1.165) is 24.9 Å². The second-order valence-electron chi connectivity index (χ2n) is 5.05. The smallest absolute Gasteiger partial charge is 0.255 e. The minimum atomic E-state index is -0.271. The van der Waals surface area contributed by atoms with Crippen LogP contribution in [-0.4, -0.2) is 10.9 Å². The van der Waals surface area contributed by atoms with Crippen molar-refractivity contribution in [2.45, 2.75) is 25.7 Å². The molecule has 1 aliphatic carbocycles. The molecule has 0 bridgehead atoms. The van der Waals surface area contributed by atoms with E-state index < -0.39 is 0 Å². The number of aryl methyl sites for hydroxylation is 1. The molecule has 0 aliphatic heterocycles. The van der Waals surface area contributed by atoms with Gasteiger partial charge in [0.15, 0.2) is 0 Å². The summed E-state index contributed by atoms with van der Waals surface area (Å²) in [6.07, 6.45) is 5.92. The number of benzene rings is 1. The summed E-state index contributed by atoms with van der Waals surface area (Å²) in [4.78, 5) is 25.9. The highest BCUT2D eigenvalue weighted by Gasteiger charge is 2.15. The highest BCUT2D eigenvalue weighted by molar-refractivity contribution is 6.04. The maximum absolute atomic E-state index is 12.2. The van der Waals surface area contributed by atoms with Crippen LogP contribution in [0, 0.1) is 0 Å². The highest BCUT2D eigenvalue weighted by atomic mass is 16.2. The molecule has 0 fully saturated rings. The highest BCUT2D eigenvalue weighted by Crippen LogP contribution is 2.28. The predicted molar refractivity (Wildman–Crippen MR) is 78.1 cm³/mol. The average molecular weight is 268 g/mol. The molecule has 1 amide bonds. The predicted octanol–water partition coefficient (Wildman–Crippen LogP) is 2.51. The third-order valence-electron chi connectivity index (χ3n) is 3.68. The van der Waals surface area contributed by atoms with Gasteiger partial charge in [-0.3, -0.25) is 9.59 Å². The lowest BCUT2D eigenvalue weighted by Crippen LogP contribution is -2.17. The summed E-state index contributed by atoms with van der Waals surface area (Å²) < 4.78 is 0. The molecule has 1 aliphatic rings. The maximum atomic E-state index is 12.2. The van der Waals surface area contributed by atoms with Gasteiger partial charge in [0, 0.05) is 23.5 Å². The van der Waals surface area contributed by atoms with E-state index in [4.69, 9.17) is 0 Å². The van der Waals surface area contributed by atoms with Gasteiger partial charge in [0.25, 0.3) is 5.91 Å². The molecule has 4 nitrogen and oxygen atoms in total. The van der Waals surface area contributed by atoms with Crippen molar-refractivity contribution in [3.63, 3.8) is 0 Å². The molecule has 4 heteroatoms. The zero-order valence-electron chi connectivity index (χ0n) is 11.1. The molecule has 102 valence electrons. The number of hydrogen-bond acceptors (Lipinski definition) is 2. The zero-order valence-corrected chi connectivity index (χ0v) is 11.1. The van der Waals surface area contributed by atoms with E-state index in [1.54, 1.807) is 6.07 Å². The molecule has 0 atom stereocenters. The van der Waals surface area contributed by atoms with Gasteiger partial charge in [-0.1, -0.05) is 12.1 Å². The average Bonchev–Trinajstić information content (AvgIpc) is 2.47. The minimum absolute atomic E-state index is 0.241. The fourth-order valence-electron chi connectivity index (χ4n) is 2.68. The Hall–Kier alpha value is -2.36. The Labute approximate surface area is 116 Å². The van der Waals surface area contributed by atoms with E-state index >= 15 is 0 Å². The number of hydrogen-bond donors (Lipinski definition) is 2. The summed E-state index contributed by atoms with van der Waals surface area (Å²) in [5, 5.41) is 2.92. The van der Waals surface area contributed by atoms with Gasteiger partial charge in [-0.25, -0.2) is 0 Å². The third-order valence-corrected chi connectivity index (χ3v) is 3.68. The summed E-state index contributed by atoms with van der Waals surface area (Å²) >= 11 is 0. The van der Waals surface area contributed by atoms with Gasteiger partial charge in [-0.15, -0.1) is 0 Å². The quantitative estimate of drug-likeness (QED) is 0.879. The largest absolute Gasteiger partial charge is 0.329 e. The van der Waals surface area contributed by atoms with Crippen LogP contribution in [0.4, 0.5) is 5.69 Å². The van der Waals surface area contributed by atoms with Crippen molar-refractivity contribution in [3.05, 3.63) is 63.6 Å². The Kier molecular flexibility index (Phi) is 3.37. The number of fused-ring (bicyclic) bond motifs is 1. The van der Waals surface area contributed by atoms with Crippen molar-refractivity contribution in [3.8, 4) is 0 Å². The molecule has 0 radical (unpaired) electrons. The van der Waals surface area contributed by atoms with E-state index in [1.807, 2.05) is 12.1 Å². The Morgan fingerprint density at radius 3 is 2.85 bits per heavy atom. The molecular formula is C16H16N2O2. The fraction of sp³-hybridized carbons (Fsp3) is 0.250. The summed E-state index contributed by atoms with van der Waals surface area (Å²) in [7, 11) is 0. The van der Waals surface area contributed by atoms with Gasteiger partial charge < -0.3 is 10.3 Å². The maximum Gasteiger partial charge on any atom is 0.255 e. The molecule has 2 N–H and O–H groups in total. The van der Waals surface area contributed by atoms with Gasteiger partial charge in [-0.05, 0) is 48.9 Å². The Morgan fingerprint density at radius 2 is 2.00 bits per heavy atom. The number of amides is 1. The lowest BCUT2D eigenvalue weighted by molar-refractivity contribution is 0.102. The topological polar surface area (TPSA) is 62.0 Å². The van der Waals surface area contributed by atoms with Crippen molar-refractivity contribution in [2.24, 2.45) is 0 Å². The Bertz CT molecular complexity index is 704. The standard InChI is InChI=1S/C16H16N2O2/c19-15-10-12(8-9-17-15)16(20)18-14-7-3-5-11-4-1-2-6-13(11)14/h3,5,7-10H,1-2,4,6H2,(H,17,19)(H,18,20). The van der Waals surface area contributed by atoms with Gasteiger partial charge in [-0.2, -0.15) is 0 Å². The van der Waals surface area contributed by atoms with E-state index in [1.165, 1.54) is 29.8 Å². The van der Waals surface area contributed by atoms with Crippen molar-refractivity contribution in [1.82, 2.24) is 4.98 Å². The molecule has 1 heterocycles. The van der Waals surface area contributed by atoms with E-state index in [-0.39, 0.29) is 11.5 Å². The first-order chi connectivity index (χ1) is 9.74. The number of aromatic amines is 1. The van der Waals surface area contributed by atoms with Crippen LogP contribution in [-0.2, 0) is 12.8 Å². The number of nitrogens with one attached hydrogen (secondary N) is 2. The van der Waals surface area contributed by atoms with Crippen LogP contribution in [0.5, 0.6) is 0 Å². The zero-order chi connectivity index (χ0) is 13.9. The Morgan fingerprint density at radius 1 is 1.15 bits per heavy atom. The first-order valence-electron chi connectivity index (χ1n) is 6.85. The van der Waals surface area contributed by atoms with Crippen molar-refractivity contribution in [2.75, 3.05) is 5.32 Å². The molecule has 1 aromatic carbocycles. The molecule has 1 aromatic heterocycles. The van der Waals surface area contributed by atoms with Crippen LogP contribution in [0.3, 0.4) is 0 Å². The number of rotatable bonds is 2. The Balaban J connectivity index is 1.88. The summed E-state index contributed by atoms with van der Waals surface area (Å²) in [5.41, 5.74) is 3.53. The SMILES string of the molecule is O=C(Nc1cccc2c1CCCC2)c1cc[nH]c(=O)c1. The third kappa shape index (κ3) is 2.50. The fourth-order valence-corrected chi connectivity index (χ4v) is 2.68. The molecular weight excluding hydrogens is 252 g/mol. The number of carbonyl (C=O) groups excluding carboxylic acids is 1. The van der Waals surface area contributed by atoms with E-state index in [0.29, 0.717) is 5.56 Å². The van der Waals surface area contributed by atoms with E-state index in [2.05, 4.69) is 16.4 Å². The van der Waals surface area contributed by atoms with Gasteiger partial charge >= 0.3 is 0 Å². The van der Waals surface area contributed by atoms with Crippen molar-refractivity contribution < 1.29 is 4.79 Å². The number of pyridine rings is 1. The minimum Gasteiger partial charge on any atom is -0.329 e. The second-order valence-corrected chi connectivity index (χ2v) is 5.05. The lowest BCUT2D eigenvalue weighted by atomic mass is 9.90. The van der Waals surface area contributed by atoms with Gasteiger partial charge in [0.05, 0.1) is 0 Å². The van der Waals surface area contributed by atoms with Crippen LogP contribution in [0.15, 0.2) is 41.3 Å². The van der Waals surface area contributed by atoms with Crippen LogP contribution < -0.4 is 10.9 Å². The molecule has 0 saturated carbocycles. The first kappa shape index (κ1) is 12.7. The van der Waals surface area contributed by atoms with Crippen LogP contribution in [0.25, 0.3) is 0 Å². The molecule has 20 heavy (non-hydrogen) atoms. The lowest BCUT2D eigenvalue weighted by Gasteiger charge is -2.19. The molecule has 0 saturated heterocycles. The number of anilines is 1. The van der Waals surface area contributed by atoms with Gasteiger partial charge in [0.2, 0.25) is 5.56 Å². The normalized spacial score (nSPS) is 13.6. The molecule has 2 aromatic rings. The molecule has 0 spiro atoms. The summed E-state index contributed by atoms with van der Waals surface area (Å²) in [5.74, 6) is -0.241. The number of aromatic nitrogens is 1. The van der Waals surface area contributed by atoms with Crippen LogP contribution >= 0.6 is 0 Å². The number of carbonyl (C=O) groups is 1. The van der Waals surface area contributed by atoms with Crippen LogP contribution in [0.1, 0.15) is 34.3 Å². The van der Waals surface area contributed by atoms with E-state index in [9.17, 15) is 9.59 Å².